The molecule has 1 heterocycles. The molecule has 0 spiro atoms. The van der Waals surface area contributed by atoms with Crippen LogP contribution in [-0.2, 0) is 4.74 Å². The monoisotopic (exact) mass is 276 g/mol. The molecule has 0 bridgehead atoms. The summed E-state index contributed by atoms with van der Waals surface area (Å²) in [6, 6.07) is 11.1. The number of amides is 1. The largest absolute Gasteiger partial charge is 0.441 e. The SMILES string of the molecule is C[C@@H](OC(=O)Nc1cnccc1Cl)c1ccccc1. The molecule has 1 atom stereocenters. The van der Waals surface area contributed by atoms with Crippen molar-refractivity contribution >= 4 is 23.4 Å². The van der Waals surface area contributed by atoms with Gasteiger partial charge in [-0.2, -0.15) is 0 Å². The van der Waals surface area contributed by atoms with Gasteiger partial charge in [0, 0.05) is 6.20 Å². The number of benzene rings is 1. The van der Waals surface area contributed by atoms with Gasteiger partial charge in [-0.15, -0.1) is 0 Å². The van der Waals surface area contributed by atoms with E-state index in [0.29, 0.717) is 10.7 Å². The van der Waals surface area contributed by atoms with Gasteiger partial charge in [-0.1, -0.05) is 41.9 Å². The lowest BCUT2D eigenvalue weighted by Gasteiger charge is -2.14. The highest BCUT2D eigenvalue weighted by Crippen LogP contribution is 2.21. The lowest BCUT2D eigenvalue weighted by atomic mass is 10.1. The lowest BCUT2D eigenvalue weighted by molar-refractivity contribution is 0.121. The summed E-state index contributed by atoms with van der Waals surface area (Å²) in [5.74, 6) is 0. The van der Waals surface area contributed by atoms with Crippen molar-refractivity contribution in [2.75, 3.05) is 5.32 Å². The Balaban J connectivity index is 1.97. The zero-order valence-electron chi connectivity index (χ0n) is 10.3. The Hall–Kier alpha value is -2.07. The second-order valence-electron chi connectivity index (χ2n) is 3.94. The van der Waals surface area contributed by atoms with E-state index >= 15 is 0 Å². The van der Waals surface area contributed by atoms with Gasteiger partial charge in [-0.3, -0.25) is 10.3 Å². The van der Waals surface area contributed by atoms with E-state index in [9.17, 15) is 4.79 Å². The molecule has 0 aliphatic heterocycles. The number of nitrogens with zero attached hydrogens (tertiary/aromatic N) is 1. The predicted octanol–water partition coefficient (Wildman–Crippen LogP) is 4.04. The maximum absolute atomic E-state index is 11.7. The minimum Gasteiger partial charge on any atom is -0.441 e. The van der Waals surface area contributed by atoms with E-state index in [4.69, 9.17) is 16.3 Å². The maximum Gasteiger partial charge on any atom is 0.412 e. The Labute approximate surface area is 116 Å². The van der Waals surface area contributed by atoms with Gasteiger partial charge in [0.25, 0.3) is 0 Å². The number of ether oxygens (including phenoxy) is 1. The molecular weight excluding hydrogens is 264 g/mol. The molecule has 0 aliphatic carbocycles. The first-order valence-electron chi connectivity index (χ1n) is 5.79. The molecule has 0 radical (unpaired) electrons. The molecule has 1 amide bonds. The van der Waals surface area contributed by atoms with Crippen LogP contribution in [0.15, 0.2) is 48.8 Å². The highest BCUT2D eigenvalue weighted by molar-refractivity contribution is 6.33. The van der Waals surface area contributed by atoms with Crippen molar-refractivity contribution in [1.29, 1.82) is 0 Å². The van der Waals surface area contributed by atoms with E-state index in [2.05, 4.69) is 10.3 Å². The van der Waals surface area contributed by atoms with Crippen LogP contribution < -0.4 is 5.32 Å². The molecule has 0 unspecified atom stereocenters. The second kappa shape index (κ2) is 6.20. The van der Waals surface area contributed by atoms with Crippen molar-refractivity contribution in [3.63, 3.8) is 0 Å². The van der Waals surface area contributed by atoms with Crippen molar-refractivity contribution in [3.05, 3.63) is 59.4 Å². The van der Waals surface area contributed by atoms with Crippen LogP contribution in [0.5, 0.6) is 0 Å². The molecular formula is C14H13ClN2O2. The number of hydrogen-bond donors (Lipinski definition) is 1. The molecule has 5 heteroatoms. The lowest BCUT2D eigenvalue weighted by Crippen LogP contribution is -2.16. The van der Waals surface area contributed by atoms with Crippen LogP contribution in [0, 0.1) is 0 Å². The molecule has 0 fully saturated rings. The van der Waals surface area contributed by atoms with Crippen LogP contribution in [0.4, 0.5) is 10.5 Å². The van der Waals surface area contributed by atoms with Crippen molar-refractivity contribution in [2.45, 2.75) is 13.0 Å². The number of carbonyl (C=O) groups excluding carboxylic acids is 1. The third-order valence-corrected chi connectivity index (χ3v) is 2.89. The highest BCUT2D eigenvalue weighted by atomic mass is 35.5. The van der Waals surface area contributed by atoms with Gasteiger partial charge in [0.2, 0.25) is 0 Å². The number of carbonyl (C=O) groups is 1. The molecule has 1 aromatic carbocycles. The number of halogens is 1. The van der Waals surface area contributed by atoms with E-state index in [0.717, 1.165) is 5.56 Å². The van der Waals surface area contributed by atoms with E-state index in [1.54, 1.807) is 19.2 Å². The summed E-state index contributed by atoms with van der Waals surface area (Å²) in [5.41, 5.74) is 1.35. The van der Waals surface area contributed by atoms with Gasteiger partial charge < -0.3 is 4.74 Å². The predicted molar refractivity (Wildman–Crippen MR) is 74.2 cm³/mol. The minimum absolute atomic E-state index is 0.336. The topological polar surface area (TPSA) is 51.2 Å². The first kappa shape index (κ1) is 13.4. The van der Waals surface area contributed by atoms with Crippen molar-refractivity contribution in [1.82, 2.24) is 4.98 Å². The van der Waals surface area contributed by atoms with Crippen molar-refractivity contribution in [2.24, 2.45) is 0 Å². The number of rotatable bonds is 3. The summed E-state index contributed by atoms with van der Waals surface area (Å²) in [6.45, 7) is 1.81. The second-order valence-corrected chi connectivity index (χ2v) is 4.35. The molecule has 2 aromatic rings. The molecule has 4 nitrogen and oxygen atoms in total. The van der Waals surface area contributed by atoms with E-state index in [-0.39, 0.29) is 6.10 Å². The number of hydrogen-bond acceptors (Lipinski definition) is 3. The van der Waals surface area contributed by atoms with Crippen molar-refractivity contribution in [3.8, 4) is 0 Å². The molecule has 0 saturated carbocycles. The van der Waals surface area contributed by atoms with Gasteiger partial charge in [0.1, 0.15) is 6.10 Å². The zero-order valence-corrected chi connectivity index (χ0v) is 11.1. The zero-order chi connectivity index (χ0) is 13.7. The summed E-state index contributed by atoms with van der Waals surface area (Å²) in [4.78, 5) is 15.6. The Kier molecular flexibility index (Phi) is 4.36. The van der Waals surface area contributed by atoms with E-state index < -0.39 is 6.09 Å². The molecule has 1 N–H and O–H groups in total. The van der Waals surface area contributed by atoms with Gasteiger partial charge >= 0.3 is 6.09 Å². The van der Waals surface area contributed by atoms with Gasteiger partial charge in [-0.05, 0) is 18.6 Å². The third kappa shape index (κ3) is 3.69. The minimum atomic E-state index is -0.564. The average molecular weight is 277 g/mol. The van der Waals surface area contributed by atoms with Crippen LogP contribution in [0.3, 0.4) is 0 Å². The van der Waals surface area contributed by atoms with Crippen LogP contribution in [0.25, 0.3) is 0 Å². The summed E-state index contributed by atoms with van der Waals surface area (Å²) in [7, 11) is 0. The summed E-state index contributed by atoms with van der Waals surface area (Å²) >= 11 is 5.91. The molecule has 19 heavy (non-hydrogen) atoms. The molecule has 0 aliphatic rings. The fourth-order valence-electron chi connectivity index (χ4n) is 1.56. The Bertz CT molecular complexity index is 560. The van der Waals surface area contributed by atoms with Gasteiger partial charge in [-0.25, -0.2) is 4.79 Å². The van der Waals surface area contributed by atoms with Crippen LogP contribution in [0.1, 0.15) is 18.6 Å². The first-order valence-corrected chi connectivity index (χ1v) is 6.16. The highest BCUT2D eigenvalue weighted by Gasteiger charge is 2.12. The van der Waals surface area contributed by atoms with Gasteiger partial charge in [0.15, 0.2) is 0 Å². The fourth-order valence-corrected chi connectivity index (χ4v) is 1.71. The summed E-state index contributed by atoms with van der Waals surface area (Å²) < 4.78 is 5.26. The Morgan fingerprint density at radius 1 is 1.32 bits per heavy atom. The fraction of sp³-hybridized carbons (Fsp3) is 0.143. The standard InChI is InChI=1S/C14H13ClN2O2/c1-10(11-5-3-2-4-6-11)19-14(18)17-13-9-16-8-7-12(13)15/h2-10H,1H3,(H,17,18)/t10-/m1/s1. The van der Waals surface area contributed by atoms with Gasteiger partial charge in [0.05, 0.1) is 16.9 Å². The van der Waals surface area contributed by atoms with Crippen LogP contribution in [0.2, 0.25) is 5.02 Å². The number of nitrogens with one attached hydrogen (secondary N) is 1. The number of aromatic nitrogens is 1. The Morgan fingerprint density at radius 2 is 2.05 bits per heavy atom. The quantitative estimate of drug-likeness (QED) is 0.920. The average Bonchev–Trinajstić information content (AvgIpc) is 2.42. The van der Waals surface area contributed by atoms with Crippen molar-refractivity contribution < 1.29 is 9.53 Å². The third-order valence-electron chi connectivity index (χ3n) is 2.56. The molecule has 0 saturated heterocycles. The summed E-state index contributed by atoms with van der Waals surface area (Å²) in [6.07, 6.45) is 2.12. The Morgan fingerprint density at radius 3 is 2.74 bits per heavy atom. The van der Waals surface area contributed by atoms with E-state index in [1.165, 1.54) is 6.20 Å². The first-order chi connectivity index (χ1) is 9.16. The molecule has 98 valence electrons. The maximum atomic E-state index is 11.7. The van der Waals surface area contributed by atoms with Crippen LogP contribution in [-0.4, -0.2) is 11.1 Å². The summed E-state index contributed by atoms with van der Waals surface area (Å²) in [5, 5.41) is 2.97. The normalized spacial score (nSPS) is 11.7. The number of pyridine rings is 1. The van der Waals surface area contributed by atoms with E-state index in [1.807, 2.05) is 30.3 Å². The van der Waals surface area contributed by atoms with Crippen LogP contribution >= 0.6 is 11.6 Å². The smallest absolute Gasteiger partial charge is 0.412 e. The number of anilines is 1. The molecule has 1 aromatic heterocycles. The molecule has 2 rings (SSSR count).